The summed E-state index contributed by atoms with van der Waals surface area (Å²) in [6.07, 6.45) is 4.28. The number of aryl methyl sites for hydroxylation is 1. The second kappa shape index (κ2) is 7.44. The minimum absolute atomic E-state index is 0.0493. The van der Waals surface area contributed by atoms with E-state index < -0.39 is 10.0 Å². The van der Waals surface area contributed by atoms with Gasteiger partial charge < -0.3 is 4.57 Å². The lowest BCUT2D eigenvalue weighted by Crippen LogP contribution is -2.13. The van der Waals surface area contributed by atoms with E-state index in [1.807, 2.05) is 12.1 Å². The van der Waals surface area contributed by atoms with Crippen LogP contribution in [0.1, 0.15) is 30.7 Å². The predicted molar refractivity (Wildman–Crippen MR) is 105 cm³/mol. The highest BCUT2D eigenvalue weighted by atomic mass is 32.2. The largest absolute Gasteiger partial charge is 0.311 e. The van der Waals surface area contributed by atoms with Crippen LogP contribution in [0.2, 0.25) is 0 Å². The molecule has 0 saturated carbocycles. The lowest BCUT2D eigenvalue weighted by molar-refractivity contribution is 0.601. The Morgan fingerprint density at radius 3 is 2.75 bits per heavy atom. The number of nitrogens with zero attached hydrogens (tertiary/aromatic N) is 4. The van der Waals surface area contributed by atoms with Gasteiger partial charge in [0.05, 0.1) is 16.5 Å². The number of nitrogens with one attached hydrogen (secondary N) is 1. The SMILES string of the molecule is N#Cc1cccc(S(=O)(=O)Nc2cccc(-c3nnc4n3CCCCC4)c2)c1. The molecular weight excluding hydrogens is 374 g/mol. The summed E-state index contributed by atoms with van der Waals surface area (Å²) in [5.41, 5.74) is 1.54. The lowest BCUT2D eigenvalue weighted by Gasteiger charge is -2.11. The van der Waals surface area contributed by atoms with E-state index in [-0.39, 0.29) is 4.90 Å². The maximum Gasteiger partial charge on any atom is 0.261 e. The molecule has 7 nitrogen and oxygen atoms in total. The summed E-state index contributed by atoms with van der Waals surface area (Å²) >= 11 is 0. The number of hydrogen-bond donors (Lipinski definition) is 1. The fourth-order valence-electron chi connectivity index (χ4n) is 3.37. The van der Waals surface area contributed by atoms with Crippen LogP contribution < -0.4 is 4.72 Å². The molecular formula is C20H19N5O2S. The smallest absolute Gasteiger partial charge is 0.261 e. The zero-order valence-corrected chi connectivity index (χ0v) is 16.0. The van der Waals surface area contributed by atoms with Crippen molar-refractivity contribution in [2.45, 2.75) is 37.1 Å². The van der Waals surface area contributed by atoms with E-state index in [1.54, 1.807) is 30.3 Å². The van der Waals surface area contributed by atoms with Gasteiger partial charge in [0.1, 0.15) is 5.82 Å². The van der Waals surface area contributed by atoms with Crippen molar-refractivity contribution in [2.75, 3.05) is 4.72 Å². The Morgan fingerprint density at radius 1 is 1.04 bits per heavy atom. The third-order valence-corrected chi connectivity index (χ3v) is 6.13. The van der Waals surface area contributed by atoms with Crippen LogP contribution in [0, 0.1) is 11.3 Å². The molecule has 2 aromatic carbocycles. The second-order valence-electron chi connectivity index (χ2n) is 6.73. The molecule has 28 heavy (non-hydrogen) atoms. The summed E-state index contributed by atoms with van der Waals surface area (Å²) in [7, 11) is -3.80. The molecule has 0 atom stereocenters. The second-order valence-corrected chi connectivity index (χ2v) is 8.41. The van der Waals surface area contributed by atoms with Gasteiger partial charge in [-0.15, -0.1) is 10.2 Å². The number of rotatable bonds is 4. The Kier molecular flexibility index (Phi) is 4.84. The van der Waals surface area contributed by atoms with Crippen LogP contribution >= 0.6 is 0 Å². The average Bonchev–Trinajstić information content (AvgIpc) is 2.96. The van der Waals surface area contributed by atoms with E-state index in [1.165, 1.54) is 18.6 Å². The van der Waals surface area contributed by atoms with Crippen LogP contribution in [-0.4, -0.2) is 23.2 Å². The van der Waals surface area contributed by atoms with Crippen LogP contribution in [0.4, 0.5) is 5.69 Å². The molecule has 1 N–H and O–H groups in total. The monoisotopic (exact) mass is 393 g/mol. The first-order valence-corrected chi connectivity index (χ1v) is 10.6. The molecule has 0 amide bonds. The van der Waals surface area contributed by atoms with Crippen LogP contribution in [0.15, 0.2) is 53.4 Å². The normalized spacial score (nSPS) is 14.0. The van der Waals surface area contributed by atoms with Crippen molar-refractivity contribution in [2.24, 2.45) is 0 Å². The molecule has 0 aliphatic carbocycles. The van der Waals surface area contributed by atoms with Crippen molar-refractivity contribution >= 4 is 15.7 Å². The average molecular weight is 393 g/mol. The Bertz CT molecular complexity index is 1160. The Balaban J connectivity index is 1.65. The molecule has 142 valence electrons. The highest BCUT2D eigenvalue weighted by Crippen LogP contribution is 2.26. The minimum atomic E-state index is -3.80. The zero-order valence-electron chi connectivity index (χ0n) is 15.2. The lowest BCUT2D eigenvalue weighted by atomic mass is 10.2. The zero-order chi connectivity index (χ0) is 19.6. The number of hydrogen-bond acceptors (Lipinski definition) is 5. The number of anilines is 1. The van der Waals surface area contributed by atoms with Crippen molar-refractivity contribution in [1.82, 2.24) is 14.8 Å². The summed E-state index contributed by atoms with van der Waals surface area (Å²) in [5.74, 6) is 1.73. The van der Waals surface area contributed by atoms with Gasteiger partial charge in [0, 0.05) is 24.2 Å². The van der Waals surface area contributed by atoms with E-state index in [2.05, 4.69) is 19.5 Å². The van der Waals surface area contributed by atoms with Gasteiger partial charge in [0.15, 0.2) is 5.82 Å². The molecule has 0 spiro atoms. The molecule has 8 heteroatoms. The van der Waals surface area contributed by atoms with Crippen molar-refractivity contribution in [3.05, 3.63) is 59.9 Å². The first kappa shape index (κ1) is 18.2. The fraction of sp³-hybridized carbons (Fsp3) is 0.250. The highest BCUT2D eigenvalue weighted by Gasteiger charge is 2.18. The number of aromatic nitrogens is 3. The molecule has 2 heterocycles. The molecule has 0 saturated heterocycles. The maximum absolute atomic E-state index is 12.7. The minimum Gasteiger partial charge on any atom is -0.311 e. The van der Waals surface area contributed by atoms with Gasteiger partial charge >= 0.3 is 0 Å². The van der Waals surface area contributed by atoms with Gasteiger partial charge in [-0.05, 0) is 43.2 Å². The number of nitriles is 1. The standard InChI is InChI=1S/C20H19N5O2S/c21-14-15-6-4-9-18(12-15)28(26,27)24-17-8-5-7-16(13-17)20-23-22-19-10-2-1-3-11-25(19)20/h4-9,12-13,24H,1-3,10-11H2. The van der Waals surface area contributed by atoms with Gasteiger partial charge in [-0.3, -0.25) is 4.72 Å². The molecule has 0 bridgehead atoms. The summed E-state index contributed by atoms with van der Waals surface area (Å²) in [6, 6.07) is 15.0. The van der Waals surface area contributed by atoms with E-state index in [9.17, 15) is 8.42 Å². The third kappa shape index (κ3) is 3.62. The number of benzene rings is 2. The summed E-state index contributed by atoms with van der Waals surface area (Å²) < 4.78 is 30.1. The predicted octanol–water partition coefficient (Wildman–Crippen LogP) is 3.34. The van der Waals surface area contributed by atoms with Crippen LogP contribution in [0.25, 0.3) is 11.4 Å². The maximum atomic E-state index is 12.7. The molecule has 0 unspecified atom stereocenters. The molecule has 1 aliphatic heterocycles. The molecule has 4 rings (SSSR count). The fourth-order valence-corrected chi connectivity index (χ4v) is 4.46. The van der Waals surface area contributed by atoms with Crippen molar-refractivity contribution in [1.29, 1.82) is 5.26 Å². The van der Waals surface area contributed by atoms with Gasteiger partial charge in [-0.2, -0.15) is 5.26 Å². The van der Waals surface area contributed by atoms with Crippen LogP contribution in [-0.2, 0) is 23.0 Å². The highest BCUT2D eigenvalue weighted by molar-refractivity contribution is 7.92. The molecule has 1 aliphatic rings. The molecule has 1 aromatic heterocycles. The molecule has 3 aromatic rings. The van der Waals surface area contributed by atoms with Crippen molar-refractivity contribution < 1.29 is 8.42 Å². The Labute approximate surface area is 163 Å². The van der Waals surface area contributed by atoms with Crippen LogP contribution in [0.5, 0.6) is 0 Å². The number of fused-ring (bicyclic) bond motifs is 1. The first-order chi connectivity index (χ1) is 13.6. The van der Waals surface area contributed by atoms with Crippen molar-refractivity contribution in [3.8, 4) is 17.5 Å². The van der Waals surface area contributed by atoms with E-state index in [0.29, 0.717) is 11.3 Å². The molecule has 0 radical (unpaired) electrons. The first-order valence-electron chi connectivity index (χ1n) is 9.12. The van der Waals surface area contributed by atoms with Crippen LogP contribution in [0.3, 0.4) is 0 Å². The topological polar surface area (TPSA) is 101 Å². The van der Waals surface area contributed by atoms with Gasteiger partial charge in [-0.25, -0.2) is 8.42 Å². The Hall–Kier alpha value is -3.18. The quantitative estimate of drug-likeness (QED) is 0.733. The van der Waals surface area contributed by atoms with E-state index in [0.717, 1.165) is 43.0 Å². The van der Waals surface area contributed by atoms with E-state index in [4.69, 9.17) is 5.26 Å². The molecule has 0 fully saturated rings. The van der Waals surface area contributed by atoms with Gasteiger partial charge in [-0.1, -0.05) is 24.6 Å². The summed E-state index contributed by atoms with van der Waals surface area (Å²) in [4.78, 5) is 0.0493. The Morgan fingerprint density at radius 2 is 1.89 bits per heavy atom. The van der Waals surface area contributed by atoms with Gasteiger partial charge in [0.2, 0.25) is 0 Å². The summed E-state index contributed by atoms with van der Waals surface area (Å²) in [6.45, 7) is 0.870. The van der Waals surface area contributed by atoms with Crippen molar-refractivity contribution in [3.63, 3.8) is 0 Å². The van der Waals surface area contributed by atoms with E-state index >= 15 is 0 Å². The number of sulfonamides is 1. The van der Waals surface area contributed by atoms with Gasteiger partial charge in [0.25, 0.3) is 10.0 Å². The third-order valence-electron chi connectivity index (χ3n) is 4.76. The summed E-state index contributed by atoms with van der Waals surface area (Å²) in [5, 5.41) is 17.6.